The van der Waals surface area contributed by atoms with E-state index < -0.39 is 0 Å². The van der Waals surface area contributed by atoms with E-state index in [9.17, 15) is 0 Å². The fourth-order valence-corrected chi connectivity index (χ4v) is 2.07. The predicted molar refractivity (Wildman–Crippen MR) is 64.5 cm³/mol. The Morgan fingerprint density at radius 1 is 1.29 bits per heavy atom. The fraction of sp³-hybridized carbons (Fsp3) is 0.182. The van der Waals surface area contributed by atoms with Crippen molar-refractivity contribution in [3.63, 3.8) is 0 Å². The van der Waals surface area contributed by atoms with Gasteiger partial charge in [-0.25, -0.2) is 9.50 Å². The highest BCUT2D eigenvalue weighted by Crippen LogP contribution is 2.27. The van der Waals surface area contributed by atoms with Crippen LogP contribution in [-0.2, 0) is 0 Å². The first-order chi connectivity index (χ1) is 8.18. The van der Waals surface area contributed by atoms with Crippen molar-refractivity contribution in [1.29, 1.82) is 0 Å². The second-order valence-electron chi connectivity index (χ2n) is 3.97. The van der Waals surface area contributed by atoms with Crippen LogP contribution >= 0.6 is 0 Å². The largest absolute Gasteiger partial charge is 0.382 e. The molecule has 0 aliphatic heterocycles. The van der Waals surface area contributed by atoms with E-state index in [1.54, 1.807) is 4.52 Å². The summed E-state index contributed by atoms with van der Waals surface area (Å²) in [5.74, 6) is 0.477. The summed E-state index contributed by atoms with van der Waals surface area (Å²) in [5, 5.41) is 11.4. The third-order valence-electron chi connectivity index (χ3n) is 2.87. The second-order valence-corrected chi connectivity index (χ2v) is 3.97. The number of nitrogens with one attached hydrogen (secondary N) is 1. The Hall–Kier alpha value is -2.37. The van der Waals surface area contributed by atoms with Gasteiger partial charge in [0.2, 0.25) is 0 Å². The van der Waals surface area contributed by atoms with Gasteiger partial charge in [-0.1, -0.05) is 0 Å². The third kappa shape index (κ3) is 1.30. The van der Waals surface area contributed by atoms with Gasteiger partial charge in [-0.3, -0.25) is 5.10 Å². The molecule has 0 unspecified atom stereocenters. The van der Waals surface area contributed by atoms with Gasteiger partial charge < -0.3 is 5.73 Å². The maximum Gasteiger partial charge on any atom is 0.151 e. The number of aryl methyl sites for hydroxylation is 2. The zero-order valence-electron chi connectivity index (χ0n) is 9.60. The maximum absolute atomic E-state index is 5.80. The molecule has 0 aliphatic rings. The fourth-order valence-electron chi connectivity index (χ4n) is 2.07. The number of H-pyrrole nitrogens is 1. The van der Waals surface area contributed by atoms with Gasteiger partial charge in [-0.15, -0.1) is 0 Å². The quantitative estimate of drug-likeness (QED) is 0.657. The number of nitrogens with zero attached hydrogens (tertiary/aromatic N) is 4. The Morgan fingerprint density at radius 2 is 2.12 bits per heavy atom. The summed E-state index contributed by atoms with van der Waals surface area (Å²) < 4.78 is 1.78. The van der Waals surface area contributed by atoms with E-state index in [0.717, 1.165) is 28.2 Å². The molecule has 6 nitrogen and oxygen atoms in total. The average Bonchev–Trinajstić information content (AvgIpc) is 2.84. The molecule has 17 heavy (non-hydrogen) atoms. The van der Waals surface area contributed by atoms with E-state index in [4.69, 9.17) is 5.73 Å². The van der Waals surface area contributed by atoms with Crippen LogP contribution in [-0.4, -0.2) is 24.8 Å². The molecule has 3 aromatic rings. The number of fused-ring (bicyclic) bond motifs is 1. The van der Waals surface area contributed by atoms with Crippen LogP contribution in [0.25, 0.3) is 16.8 Å². The van der Waals surface area contributed by atoms with Gasteiger partial charge in [0.05, 0.1) is 11.4 Å². The molecule has 0 saturated carbocycles. The van der Waals surface area contributed by atoms with Crippen molar-refractivity contribution in [1.82, 2.24) is 24.8 Å². The number of aromatic amines is 1. The van der Waals surface area contributed by atoms with Gasteiger partial charge in [0.15, 0.2) is 5.82 Å². The van der Waals surface area contributed by atoms with Crippen molar-refractivity contribution in [3.8, 4) is 11.3 Å². The highest BCUT2D eigenvalue weighted by Gasteiger charge is 2.14. The number of rotatable bonds is 1. The van der Waals surface area contributed by atoms with Crippen LogP contribution in [0, 0.1) is 13.8 Å². The number of hydrogen-bond acceptors (Lipinski definition) is 4. The molecule has 3 N–H and O–H groups in total. The number of aromatic nitrogens is 5. The molecule has 0 bridgehead atoms. The molecule has 0 aromatic carbocycles. The van der Waals surface area contributed by atoms with Crippen LogP contribution in [0.2, 0.25) is 0 Å². The summed E-state index contributed by atoms with van der Waals surface area (Å²) in [6.07, 6.45) is 1.45. The van der Waals surface area contributed by atoms with Crippen LogP contribution < -0.4 is 5.73 Å². The van der Waals surface area contributed by atoms with E-state index in [0.29, 0.717) is 5.82 Å². The smallest absolute Gasteiger partial charge is 0.151 e. The zero-order chi connectivity index (χ0) is 12.0. The third-order valence-corrected chi connectivity index (χ3v) is 2.87. The Bertz CT molecular complexity index is 674. The summed E-state index contributed by atoms with van der Waals surface area (Å²) >= 11 is 0. The van der Waals surface area contributed by atoms with Crippen LogP contribution in [0.15, 0.2) is 18.5 Å². The van der Waals surface area contributed by atoms with E-state index in [1.165, 1.54) is 6.33 Å². The first-order valence-electron chi connectivity index (χ1n) is 5.28. The molecule has 0 spiro atoms. The first-order valence-corrected chi connectivity index (χ1v) is 5.28. The lowest BCUT2D eigenvalue weighted by Crippen LogP contribution is -2.00. The van der Waals surface area contributed by atoms with E-state index in [2.05, 4.69) is 20.3 Å². The van der Waals surface area contributed by atoms with Crippen molar-refractivity contribution in [2.45, 2.75) is 13.8 Å². The van der Waals surface area contributed by atoms with E-state index in [-0.39, 0.29) is 0 Å². The number of anilines is 1. The SMILES string of the molecule is Cc1n[nH]c(C)c1-c1ccc2c(N)ncnn12. The van der Waals surface area contributed by atoms with Crippen LogP contribution in [0.1, 0.15) is 11.4 Å². The second kappa shape index (κ2) is 3.31. The Kier molecular flexibility index (Phi) is 1.91. The molecule has 3 aromatic heterocycles. The van der Waals surface area contributed by atoms with E-state index >= 15 is 0 Å². The van der Waals surface area contributed by atoms with Crippen molar-refractivity contribution in [2.75, 3.05) is 5.73 Å². The number of nitrogens with two attached hydrogens (primary N) is 1. The molecular weight excluding hydrogens is 216 g/mol. The summed E-state index contributed by atoms with van der Waals surface area (Å²) in [7, 11) is 0. The molecule has 6 heteroatoms. The van der Waals surface area contributed by atoms with Crippen LogP contribution in [0.4, 0.5) is 5.82 Å². The molecule has 0 saturated heterocycles. The molecule has 0 fully saturated rings. The molecule has 0 radical (unpaired) electrons. The molecule has 0 aliphatic carbocycles. The summed E-state index contributed by atoms with van der Waals surface area (Å²) in [6.45, 7) is 3.95. The topological polar surface area (TPSA) is 84.9 Å². The van der Waals surface area contributed by atoms with Crippen molar-refractivity contribution in [3.05, 3.63) is 29.8 Å². The van der Waals surface area contributed by atoms with E-state index in [1.807, 2.05) is 26.0 Å². The van der Waals surface area contributed by atoms with Crippen molar-refractivity contribution in [2.24, 2.45) is 0 Å². The van der Waals surface area contributed by atoms with Crippen molar-refractivity contribution >= 4 is 11.3 Å². The lowest BCUT2D eigenvalue weighted by molar-refractivity contribution is 0.912. The first kappa shape index (κ1) is 9.83. The van der Waals surface area contributed by atoms with Gasteiger partial charge in [-0.05, 0) is 26.0 Å². The maximum atomic E-state index is 5.80. The van der Waals surface area contributed by atoms with Gasteiger partial charge >= 0.3 is 0 Å². The minimum atomic E-state index is 0.477. The van der Waals surface area contributed by atoms with Gasteiger partial charge in [0, 0.05) is 11.3 Å². The number of hydrogen-bond donors (Lipinski definition) is 2. The minimum Gasteiger partial charge on any atom is -0.382 e. The Morgan fingerprint density at radius 3 is 2.82 bits per heavy atom. The lowest BCUT2D eigenvalue weighted by Gasteiger charge is -2.02. The average molecular weight is 228 g/mol. The standard InChI is InChI=1S/C11H12N6/c1-6-10(7(2)16-15-6)8-3-4-9-11(12)13-5-14-17(8)9/h3-5H,1-2H3,(H,15,16)(H2,12,13,14). The van der Waals surface area contributed by atoms with Gasteiger partial charge in [0.25, 0.3) is 0 Å². The Labute approximate surface area is 97.5 Å². The zero-order valence-corrected chi connectivity index (χ0v) is 9.60. The highest BCUT2D eigenvalue weighted by molar-refractivity contribution is 5.75. The highest BCUT2D eigenvalue weighted by atomic mass is 15.3. The number of nitrogen functional groups attached to an aromatic ring is 1. The molecule has 0 amide bonds. The lowest BCUT2D eigenvalue weighted by atomic mass is 10.1. The molecule has 86 valence electrons. The predicted octanol–water partition coefficient (Wildman–Crippen LogP) is 1.32. The summed E-state index contributed by atoms with van der Waals surface area (Å²) in [5.41, 5.74) is 10.6. The monoisotopic (exact) mass is 228 g/mol. The van der Waals surface area contributed by atoms with Gasteiger partial charge in [0.1, 0.15) is 11.8 Å². The molecular formula is C11H12N6. The van der Waals surface area contributed by atoms with Gasteiger partial charge in [-0.2, -0.15) is 10.2 Å². The summed E-state index contributed by atoms with van der Waals surface area (Å²) in [6, 6.07) is 3.89. The molecule has 3 heterocycles. The summed E-state index contributed by atoms with van der Waals surface area (Å²) in [4.78, 5) is 3.97. The molecule has 3 rings (SSSR count). The van der Waals surface area contributed by atoms with Crippen LogP contribution in [0.5, 0.6) is 0 Å². The molecule has 0 atom stereocenters. The van der Waals surface area contributed by atoms with Crippen LogP contribution in [0.3, 0.4) is 0 Å². The minimum absolute atomic E-state index is 0.477. The Balaban J connectivity index is 2.36. The normalized spacial score (nSPS) is 11.2. The van der Waals surface area contributed by atoms with Crippen molar-refractivity contribution < 1.29 is 0 Å².